The lowest BCUT2D eigenvalue weighted by Crippen LogP contribution is -2.49. The number of piperazine rings is 1. The molecule has 1 unspecified atom stereocenters. The zero-order chi connectivity index (χ0) is 21.1. The van der Waals surface area contributed by atoms with Crippen LogP contribution in [0.15, 0.2) is 30.6 Å². The van der Waals surface area contributed by atoms with E-state index < -0.39 is 6.23 Å². The third-order valence-corrected chi connectivity index (χ3v) is 5.60. The highest BCUT2D eigenvalue weighted by atomic mass is 35.5. The van der Waals surface area contributed by atoms with Crippen LogP contribution in [-0.2, 0) is 20.9 Å². The topological polar surface area (TPSA) is 83.8 Å². The first-order chi connectivity index (χ1) is 14.6. The van der Waals surface area contributed by atoms with Gasteiger partial charge in [-0.3, -0.25) is 9.59 Å². The molecule has 9 nitrogen and oxygen atoms in total. The molecule has 2 aromatic rings. The quantitative estimate of drug-likeness (QED) is 0.487. The SMILES string of the molecule is O=CC1O[C@@H](Cn2ccnn2)CN1c1ccc(N2CCN(C(=O)CCl)CC2)c(F)c1. The summed E-state index contributed by atoms with van der Waals surface area (Å²) < 4.78 is 22.3. The molecule has 1 aromatic carbocycles. The van der Waals surface area contributed by atoms with E-state index in [4.69, 9.17) is 16.3 Å². The molecule has 0 aliphatic carbocycles. The summed E-state index contributed by atoms with van der Waals surface area (Å²) in [6.45, 7) is 2.95. The summed E-state index contributed by atoms with van der Waals surface area (Å²) in [5.74, 6) is -0.535. The van der Waals surface area contributed by atoms with Gasteiger partial charge in [0.05, 0.1) is 24.5 Å². The van der Waals surface area contributed by atoms with Crippen LogP contribution < -0.4 is 9.80 Å². The molecule has 2 aliphatic rings. The van der Waals surface area contributed by atoms with E-state index in [1.807, 2.05) is 4.90 Å². The number of carbonyl (C=O) groups is 2. The lowest BCUT2D eigenvalue weighted by Gasteiger charge is -2.36. The third-order valence-electron chi connectivity index (χ3n) is 5.37. The number of aromatic nitrogens is 3. The van der Waals surface area contributed by atoms with Gasteiger partial charge in [-0.15, -0.1) is 16.7 Å². The molecule has 4 rings (SSSR count). The zero-order valence-corrected chi connectivity index (χ0v) is 17.0. The van der Waals surface area contributed by atoms with Gasteiger partial charge in [0.25, 0.3) is 0 Å². The van der Waals surface area contributed by atoms with Crippen molar-refractivity contribution in [1.29, 1.82) is 0 Å². The van der Waals surface area contributed by atoms with Crippen LogP contribution in [0.4, 0.5) is 15.8 Å². The number of hydrogen-bond acceptors (Lipinski definition) is 7. The van der Waals surface area contributed by atoms with Crippen molar-refractivity contribution >= 4 is 35.2 Å². The lowest BCUT2D eigenvalue weighted by atomic mass is 10.2. The summed E-state index contributed by atoms with van der Waals surface area (Å²) in [6, 6.07) is 4.91. The largest absolute Gasteiger partial charge is 0.366 e. The van der Waals surface area contributed by atoms with Gasteiger partial charge in [-0.05, 0) is 18.2 Å². The van der Waals surface area contributed by atoms with Crippen LogP contribution in [0.5, 0.6) is 0 Å². The van der Waals surface area contributed by atoms with Crippen LogP contribution in [-0.4, -0.2) is 83.0 Å². The Kier molecular flexibility index (Phi) is 6.14. The van der Waals surface area contributed by atoms with E-state index in [0.29, 0.717) is 56.9 Å². The number of halogens is 2. The summed E-state index contributed by atoms with van der Waals surface area (Å²) in [5.41, 5.74) is 1.05. The molecule has 2 aliphatic heterocycles. The van der Waals surface area contributed by atoms with Crippen molar-refractivity contribution in [2.75, 3.05) is 48.4 Å². The van der Waals surface area contributed by atoms with Gasteiger partial charge >= 0.3 is 0 Å². The predicted molar refractivity (Wildman–Crippen MR) is 108 cm³/mol. The molecule has 0 radical (unpaired) electrons. The minimum atomic E-state index is -0.783. The fourth-order valence-electron chi connectivity index (χ4n) is 3.85. The maximum Gasteiger partial charge on any atom is 0.237 e. The van der Waals surface area contributed by atoms with Crippen molar-refractivity contribution < 1.29 is 18.7 Å². The minimum absolute atomic E-state index is 0.0449. The van der Waals surface area contributed by atoms with E-state index in [1.54, 1.807) is 39.0 Å². The average molecular weight is 437 g/mol. The maximum atomic E-state index is 14.9. The van der Waals surface area contributed by atoms with Gasteiger partial charge in [0, 0.05) is 44.6 Å². The number of alkyl halides is 1. The van der Waals surface area contributed by atoms with Crippen molar-refractivity contribution in [2.45, 2.75) is 18.9 Å². The molecule has 160 valence electrons. The van der Waals surface area contributed by atoms with Gasteiger partial charge in [-0.25, -0.2) is 9.07 Å². The van der Waals surface area contributed by atoms with Crippen LogP contribution in [0, 0.1) is 5.82 Å². The molecule has 2 saturated heterocycles. The molecule has 3 heterocycles. The van der Waals surface area contributed by atoms with Gasteiger partial charge in [-0.1, -0.05) is 5.21 Å². The van der Waals surface area contributed by atoms with E-state index in [2.05, 4.69) is 10.3 Å². The van der Waals surface area contributed by atoms with Crippen molar-refractivity contribution in [2.24, 2.45) is 0 Å². The van der Waals surface area contributed by atoms with Gasteiger partial charge in [0.1, 0.15) is 11.7 Å². The highest BCUT2D eigenvalue weighted by Crippen LogP contribution is 2.30. The summed E-state index contributed by atoms with van der Waals surface area (Å²) >= 11 is 5.60. The third kappa shape index (κ3) is 4.24. The summed E-state index contributed by atoms with van der Waals surface area (Å²) in [6.07, 6.45) is 2.95. The van der Waals surface area contributed by atoms with E-state index in [9.17, 15) is 14.0 Å². The van der Waals surface area contributed by atoms with Crippen molar-refractivity contribution in [3.05, 3.63) is 36.4 Å². The molecule has 0 saturated carbocycles. The Hall–Kier alpha value is -2.72. The van der Waals surface area contributed by atoms with Gasteiger partial charge in [0.2, 0.25) is 5.91 Å². The summed E-state index contributed by atoms with van der Waals surface area (Å²) in [5, 5.41) is 7.67. The number of anilines is 2. The molecule has 1 amide bonds. The first-order valence-electron chi connectivity index (χ1n) is 9.69. The monoisotopic (exact) mass is 436 g/mol. The van der Waals surface area contributed by atoms with Gasteiger partial charge in [0.15, 0.2) is 12.5 Å². The second kappa shape index (κ2) is 8.97. The molecule has 2 fully saturated rings. The molecule has 0 spiro atoms. The molecule has 0 N–H and O–H groups in total. The van der Waals surface area contributed by atoms with Crippen LogP contribution in [0.25, 0.3) is 0 Å². The van der Waals surface area contributed by atoms with E-state index in [1.165, 1.54) is 6.07 Å². The Morgan fingerprint density at radius 1 is 1.30 bits per heavy atom. The normalized spacial score (nSPS) is 21.9. The molecule has 30 heavy (non-hydrogen) atoms. The fourth-order valence-corrected chi connectivity index (χ4v) is 4.02. The first kappa shape index (κ1) is 20.5. The van der Waals surface area contributed by atoms with Crippen LogP contribution in [0.2, 0.25) is 0 Å². The van der Waals surface area contributed by atoms with Crippen molar-refractivity contribution in [3.8, 4) is 0 Å². The number of benzene rings is 1. The Morgan fingerprint density at radius 3 is 2.73 bits per heavy atom. The lowest BCUT2D eigenvalue weighted by molar-refractivity contribution is -0.128. The summed E-state index contributed by atoms with van der Waals surface area (Å²) in [4.78, 5) is 28.5. The smallest absolute Gasteiger partial charge is 0.237 e. The van der Waals surface area contributed by atoms with Crippen LogP contribution >= 0.6 is 11.6 Å². The second-order valence-electron chi connectivity index (χ2n) is 7.20. The number of carbonyl (C=O) groups excluding carboxylic acids is 2. The van der Waals surface area contributed by atoms with E-state index in [0.717, 1.165) is 0 Å². The van der Waals surface area contributed by atoms with E-state index in [-0.39, 0.29) is 23.7 Å². The van der Waals surface area contributed by atoms with Gasteiger partial charge in [-0.2, -0.15) is 0 Å². The fraction of sp³-hybridized carbons (Fsp3) is 0.474. The Morgan fingerprint density at radius 2 is 2.10 bits per heavy atom. The zero-order valence-electron chi connectivity index (χ0n) is 16.2. The van der Waals surface area contributed by atoms with Crippen LogP contribution in [0.1, 0.15) is 0 Å². The number of ether oxygens (including phenoxy) is 1. The molecule has 11 heteroatoms. The number of rotatable bonds is 6. The van der Waals surface area contributed by atoms with Crippen molar-refractivity contribution in [1.82, 2.24) is 19.9 Å². The average Bonchev–Trinajstić information content (AvgIpc) is 3.43. The first-order valence-corrected chi connectivity index (χ1v) is 10.2. The standard InChI is InChI=1S/C19H22ClFN6O3/c20-10-18(29)25-7-5-24(6-8-25)17-2-1-14(9-16(17)21)27-12-15(30-19(27)13-28)11-26-4-3-22-23-26/h1-4,9,13,15,19H,5-8,10-12H2/t15-,19?/m0/s1. The number of nitrogens with zero attached hydrogens (tertiary/aromatic N) is 6. The molecule has 2 atom stereocenters. The Labute approximate surface area is 177 Å². The predicted octanol–water partition coefficient (Wildman–Crippen LogP) is 0.735. The molecule has 0 bridgehead atoms. The molecular formula is C19H22ClFN6O3. The second-order valence-corrected chi connectivity index (χ2v) is 7.47. The molecule has 1 aromatic heterocycles. The van der Waals surface area contributed by atoms with Gasteiger partial charge < -0.3 is 19.4 Å². The van der Waals surface area contributed by atoms with E-state index >= 15 is 0 Å². The summed E-state index contributed by atoms with van der Waals surface area (Å²) in [7, 11) is 0. The highest BCUT2D eigenvalue weighted by Gasteiger charge is 2.34. The number of hydrogen-bond donors (Lipinski definition) is 0. The Bertz CT molecular complexity index is 890. The number of amides is 1. The van der Waals surface area contributed by atoms with Crippen molar-refractivity contribution in [3.63, 3.8) is 0 Å². The Balaban J connectivity index is 1.43. The number of aldehydes is 1. The maximum absolute atomic E-state index is 14.9. The van der Waals surface area contributed by atoms with Crippen LogP contribution in [0.3, 0.4) is 0 Å². The minimum Gasteiger partial charge on any atom is -0.366 e. The highest BCUT2D eigenvalue weighted by molar-refractivity contribution is 6.27. The molecular weight excluding hydrogens is 415 g/mol.